The van der Waals surface area contributed by atoms with Gasteiger partial charge in [0.25, 0.3) is 0 Å². The number of aromatic nitrogens is 15. The maximum atomic E-state index is 4.92. The molecule has 0 fully saturated rings. The van der Waals surface area contributed by atoms with E-state index in [0.29, 0.717) is 0 Å². The van der Waals surface area contributed by atoms with E-state index in [1.165, 1.54) is 14.1 Å². The van der Waals surface area contributed by atoms with Gasteiger partial charge in [-0.25, -0.2) is 15.0 Å². The molecule has 0 N–H and O–H groups in total. The summed E-state index contributed by atoms with van der Waals surface area (Å²) in [5.41, 5.74) is 23.6. The van der Waals surface area contributed by atoms with Gasteiger partial charge in [0.2, 0.25) is 0 Å². The summed E-state index contributed by atoms with van der Waals surface area (Å²) < 4.78 is 16.4. The van der Waals surface area contributed by atoms with Crippen molar-refractivity contribution >= 4 is 130 Å². The third kappa shape index (κ3) is 14.7. The molecular weight excluding hydrogens is 2120 g/mol. The van der Waals surface area contributed by atoms with Crippen LogP contribution in [0, 0.1) is 36.4 Å². The second-order valence-corrected chi connectivity index (χ2v) is 32.2. The van der Waals surface area contributed by atoms with E-state index in [0.717, 1.165) is 199 Å². The van der Waals surface area contributed by atoms with Crippen molar-refractivity contribution in [3.8, 4) is 117 Å². The Morgan fingerprint density at radius 3 is 1.09 bits per heavy atom. The molecule has 0 saturated carbocycles. The zero-order valence-corrected chi connectivity index (χ0v) is 74.8. The Bertz CT molecular complexity index is 7810. The molecule has 21 heteroatoms. The smallest absolute Gasteiger partial charge is 0.346 e. The topological polar surface area (TPSA) is 146 Å². The molecule has 0 atom stereocenters. The van der Waals surface area contributed by atoms with Crippen molar-refractivity contribution in [3.05, 3.63) is 365 Å². The summed E-state index contributed by atoms with van der Waals surface area (Å²) in [6.45, 7) is 0. The molecule has 12 aromatic heterocycles. The number of rotatable bonds is 12. The van der Waals surface area contributed by atoms with Crippen LogP contribution in [0.4, 0.5) is 0 Å². The van der Waals surface area contributed by atoms with Crippen LogP contribution in [-0.4, -0.2) is 72.3 Å². The largest absolute Gasteiger partial charge is 2.00 e. The number of pyridine rings is 3. The number of fused-ring (bicyclic) bond motifs is 12. The number of para-hydroxylation sites is 3. The van der Waals surface area contributed by atoms with E-state index >= 15 is 0 Å². The predicted molar refractivity (Wildman–Crippen MR) is 488 cm³/mol. The Kier molecular flexibility index (Phi) is 21.8. The number of aryl methyl sites for hydroxylation is 3. The van der Waals surface area contributed by atoms with Crippen molar-refractivity contribution < 1.29 is 63.2 Å². The van der Waals surface area contributed by atoms with Crippen LogP contribution in [0.5, 0.6) is 0 Å². The second kappa shape index (κ2) is 33.7. The number of thiazole rings is 3. The SMILES string of the molecule is Cn1ccnc1-c1ccc2c(c1)c1ccc(-c3nc4ccccc4s3)[c-]c1n2-c1[c-]c(-c2ccccn2)ccc1.Cn1ccnc1-c1ccc2c3ccc(-c4nc5ccccc5s4)[c-]c3n(-c3[c-]c(-c4ccccn4)ccc3)c2c1.Cn1ccnc1-c1cccc2c1c1ccc(-c3nc4ccccc4s3)[c-]c1n2-c1[c-]c(-c2ccccn2)ccc1.[Pt+2].[Pt+2].[Pt+2]. The van der Waals surface area contributed by atoms with Crippen LogP contribution in [0.1, 0.15) is 0 Å². The number of nitrogens with zero attached hydrogens (tertiary/aromatic N) is 15. The van der Waals surface area contributed by atoms with Crippen molar-refractivity contribution in [2.75, 3.05) is 0 Å². The minimum atomic E-state index is 0. The summed E-state index contributed by atoms with van der Waals surface area (Å²) in [6, 6.07) is 116. The van der Waals surface area contributed by atoms with Crippen LogP contribution < -0.4 is 0 Å². The average molecular weight is 2180 g/mol. The van der Waals surface area contributed by atoms with E-state index < -0.39 is 0 Å². The normalized spacial score (nSPS) is 11.3. The first-order valence-corrected chi connectivity index (χ1v) is 41.5. The zero-order valence-electron chi connectivity index (χ0n) is 65.6. The second-order valence-electron chi connectivity index (χ2n) is 29.1. The zero-order chi connectivity index (χ0) is 79.9. The van der Waals surface area contributed by atoms with Crippen molar-refractivity contribution in [1.82, 2.24) is 72.3 Å². The summed E-state index contributed by atoms with van der Waals surface area (Å²) >= 11 is 5.07. The van der Waals surface area contributed by atoms with Crippen molar-refractivity contribution in [2.24, 2.45) is 21.1 Å². The Morgan fingerprint density at radius 1 is 0.268 bits per heavy atom. The van der Waals surface area contributed by atoms with E-state index in [4.69, 9.17) is 15.0 Å². The molecule has 0 spiro atoms. The first kappa shape index (κ1) is 79.6. The van der Waals surface area contributed by atoms with Gasteiger partial charge in [-0.15, -0.1) is 161 Å². The quantitative estimate of drug-likeness (QED) is 0.109. The van der Waals surface area contributed by atoms with Crippen LogP contribution >= 0.6 is 34.0 Å². The van der Waals surface area contributed by atoms with Crippen molar-refractivity contribution in [1.29, 1.82) is 0 Å². The maximum absolute atomic E-state index is 4.92. The van der Waals surface area contributed by atoms with Crippen LogP contribution in [0.15, 0.2) is 329 Å². The fourth-order valence-corrected chi connectivity index (χ4v) is 19.0. The summed E-state index contributed by atoms with van der Waals surface area (Å²) in [4.78, 5) is 42.3. The van der Waals surface area contributed by atoms with Crippen LogP contribution in [-0.2, 0) is 84.3 Å². The molecule has 12 heterocycles. The Hall–Kier alpha value is -13.1. The molecule has 0 aliphatic heterocycles. The molecule has 0 aliphatic rings. The van der Waals surface area contributed by atoms with Gasteiger partial charge in [-0.2, -0.15) is 34.0 Å². The van der Waals surface area contributed by atoms with Gasteiger partial charge >= 0.3 is 63.2 Å². The maximum Gasteiger partial charge on any atom is 2.00 e. The first-order valence-electron chi connectivity index (χ1n) is 39.0. The molecule has 594 valence electrons. The van der Waals surface area contributed by atoms with Gasteiger partial charge in [-0.3, -0.25) is 15.0 Å². The molecule has 12 aromatic carbocycles. The minimum Gasteiger partial charge on any atom is -0.346 e. The number of hydrogen-bond acceptors (Lipinski definition) is 12. The Labute approximate surface area is 761 Å². The van der Waals surface area contributed by atoms with Crippen molar-refractivity contribution in [2.45, 2.75) is 0 Å². The summed E-state index contributed by atoms with van der Waals surface area (Å²) in [6.07, 6.45) is 16.9. The van der Waals surface area contributed by atoms with Gasteiger partial charge in [0.1, 0.15) is 17.5 Å². The van der Waals surface area contributed by atoms with Gasteiger partial charge in [0.05, 0.1) is 16.6 Å². The number of benzene rings is 12. The standard InChI is InChI=1S/3C34H21N5S.3Pt/c1-38-19-18-36-33(38)26-10-7-13-29-32(26)25-16-15-23(34-37-28-12-2-3-14-31(28)40-34)21-30(25)39(29)24-9-6-8-22(20-24)27-11-4-5-17-35-27;1-38-18-17-36-33(38)23-13-15-30-27(20-23)26-14-12-24(34-37-29-10-2-3-11-32(29)40-34)21-31(26)39(30)25-8-6-7-22(19-25)28-9-4-5-16-35-28;1-38-18-17-36-33(38)23-12-14-26-27-15-13-24(34-37-29-10-2-3-11-32(29)40-34)21-31(27)39(30(26)20-23)25-8-6-7-22(19-25)28-9-4-5-16-35-28;;;/h2-19H,1H3;2*2-18,20H,1H3;;;/q3*-2;3*+2. The summed E-state index contributed by atoms with van der Waals surface area (Å²) in [7, 11) is 6.07. The fraction of sp³-hybridized carbons (Fsp3) is 0.0294. The van der Waals surface area contributed by atoms with Gasteiger partial charge < -0.3 is 42.4 Å². The van der Waals surface area contributed by atoms with Crippen LogP contribution in [0.3, 0.4) is 0 Å². The molecule has 123 heavy (non-hydrogen) atoms. The van der Waals surface area contributed by atoms with Crippen LogP contribution in [0.25, 0.3) is 213 Å². The molecule has 24 aromatic rings. The van der Waals surface area contributed by atoms with Gasteiger partial charge in [0, 0.05) is 139 Å². The molecule has 24 rings (SSSR count). The third-order valence-corrected chi connectivity index (χ3v) is 24.9. The van der Waals surface area contributed by atoms with Gasteiger partial charge in [-0.1, -0.05) is 119 Å². The number of hydrogen-bond donors (Lipinski definition) is 0. The predicted octanol–water partition coefficient (Wildman–Crippen LogP) is 24.4. The molecule has 0 unspecified atom stereocenters. The van der Waals surface area contributed by atoms with Gasteiger partial charge in [0.15, 0.2) is 0 Å². The molecule has 0 bridgehead atoms. The van der Waals surface area contributed by atoms with E-state index in [9.17, 15) is 0 Å². The molecular formula is C102H63N15Pt3S3. The summed E-state index contributed by atoms with van der Waals surface area (Å²) in [5, 5.41) is 9.65. The van der Waals surface area contributed by atoms with E-state index in [1.54, 1.807) is 34.0 Å². The van der Waals surface area contributed by atoms with Crippen LogP contribution in [0.2, 0.25) is 0 Å². The Morgan fingerprint density at radius 2 is 0.650 bits per heavy atom. The molecule has 0 amide bonds. The van der Waals surface area contributed by atoms with E-state index in [2.05, 4.69) is 285 Å². The van der Waals surface area contributed by atoms with Gasteiger partial charge in [-0.05, 0) is 146 Å². The van der Waals surface area contributed by atoms with Crippen molar-refractivity contribution in [3.63, 3.8) is 0 Å². The average Bonchev–Trinajstić information content (AvgIpc) is 1.57. The minimum absolute atomic E-state index is 0. The Balaban J connectivity index is 0.000000120. The fourth-order valence-electron chi connectivity index (χ4n) is 16.1. The number of imidazole rings is 3. The molecule has 0 radical (unpaired) electrons. The van der Waals surface area contributed by atoms with E-state index in [1.807, 2.05) is 159 Å². The molecule has 0 saturated heterocycles. The molecule has 0 aliphatic carbocycles. The first-order chi connectivity index (χ1) is 59.2. The monoisotopic (exact) mass is 2180 g/mol. The van der Waals surface area contributed by atoms with E-state index in [-0.39, 0.29) is 63.2 Å². The summed E-state index contributed by atoms with van der Waals surface area (Å²) in [5.74, 6) is 2.77. The third-order valence-electron chi connectivity index (χ3n) is 21.7. The molecule has 15 nitrogen and oxygen atoms in total.